The number of benzene rings is 1. The van der Waals surface area contributed by atoms with Crippen molar-refractivity contribution in [1.82, 2.24) is 4.31 Å². The van der Waals surface area contributed by atoms with E-state index in [-0.39, 0.29) is 12.0 Å². The maximum Gasteiger partial charge on any atom is 0.243 e. The molecule has 0 unspecified atom stereocenters. The number of piperidine rings is 1. The lowest BCUT2D eigenvalue weighted by molar-refractivity contribution is 0.196. The molecule has 1 aromatic carbocycles. The smallest absolute Gasteiger partial charge is 0.243 e. The number of sulfonamides is 1. The first-order chi connectivity index (χ1) is 9.28. The molecule has 4 nitrogen and oxygen atoms in total. The Morgan fingerprint density at radius 3 is 2.40 bits per heavy atom. The molecule has 1 aliphatic rings. The molecule has 0 amide bonds. The molecule has 0 aromatic heterocycles. The zero-order valence-electron chi connectivity index (χ0n) is 12.4. The molecule has 1 heterocycles. The van der Waals surface area contributed by atoms with E-state index >= 15 is 0 Å². The summed E-state index contributed by atoms with van der Waals surface area (Å²) in [4.78, 5) is 0.323. The van der Waals surface area contributed by atoms with Gasteiger partial charge in [-0.25, -0.2) is 8.42 Å². The van der Waals surface area contributed by atoms with Gasteiger partial charge in [-0.15, -0.1) is 0 Å². The minimum absolute atomic E-state index is 0.137. The van der Waals surface area contributed by atoms with Crippen molar-refractivity contribution in [2.45, 2.75) is 45.1 Å². The summed E-state index contributed by atoms with van der Waals surface area (Å²) in [6.07, 6.45) is 1.76. The molecule has 1 N–H and O–H groups in total. The zero-order valence-corrected chi connectivity index (χ0v) is 13.2. The van der Waals surface area contributed by atoms with Gasteiger partial charge in [0.1, 0.15) is 0 Å². The fourth-order valence-corrected chi connectivity index (χ4v) is 4.29. The van der Waals surface area contributed by atoms with E-state index in [4.69, 9.17) is 0 Å². The van der Waals surface area contributed by atoms with Gasteiger partial charge in [-0.05, 0) is 42.4 Å². The summed E-state index contributed by atoms with van der Waals surface area (Å²) >= 11 is 0. The van der Waals surface area contributed by atoms with Crippen LogP contribution in [0.1, 0.15) is 37.8 Å². The molecule has 0 atom stereocenters. The molecule has 0 radical (unpaired) electrons. The second-order valence-electron chi connectivity index (χ2n) is 6.27. The van der Waals surface area contributed by atoms with Crippen LogP contribution in [-0.4, -0.2) is 30.9 Å². The van der Waals surface area contributed by atoms with Gasteiger partial charge in [0.15, 0.2) is 0 Å². The second-order valence-corrected chi connectivity index (χ2v) is 8.17. The fourth-order valence-electron chi connectivity index (χ4n) is 2.58. The van der Waals surface area contributed by atoms with E-state index in [1.807, 2.05) is 0 Å². The minimum atomic E-state index is -3.45. The van der Waals surface area contributed by atoms with Gasteiger partial charge in [0.2, 0.25) is 10.0 Å². The van der Waals surface area contributed by atoms with Crippen LogP contribution in [0.3, 0.4) is 0 Å². The Morgan fingerprint density at radius 2 is 1.85 bits per heavy atom. The second kappa shape index (κ2) is 5.47. The zero-order chi connectivity index (χ0) is 15.0. The molecular formula is C15H23NO3S. The third-order valence-electron chi connectivity index (χ3n) is 4.26. The van der Waals surface area contributed by atoms with E-state index in [0.29, 0.717) is 29.1 Å². The van der Waals surface area contributed by atoms with Crippen molar-refractivity contribution < 1.29 is 13.5 Å². The van der Waals surface area contributed by atoms with Crippen molar-refractivity contribution in [3.05, 3.63) is 29.3 Å². The Kier molecular flexibility index (Phi) is 4.23. The lowest BCUT2D eigenvalue weighted by atomic mass is 9.83. The first-order valence-corrected chi connectivity index (χ1v) is 8.41. The van der Waals surface area contributed by atoms with Gasteiger partial charge in [-0.2, -0.15) is 4.31 Å². The summed E-state index contributed by atoms with van der Waals surface area (Å²) in [5.41, 5.74) is 1.54. The average Bonchev–Trinajstić information content (AvgIpc) is 2.38. The molecule has 2 rings (SSSR count). The first kappa shape index (κ1) is 15.5. The molecule has 0 saturated carbocycles. The summed E-state index contributed by atoms with van der Waals surface area (Å²) in [5, 5.41) is 9.28. The molecule has 0 spiro atoms. The molecule has 112 valence electrons. The largest absolute Gasteiger partial charge is 0.392 e. The number of rotatable bonds is 3. The van der Waals surface area contributed by atoms with Crippen LogP contribution in [0.15, 0.2) is 23.1 Å². The van der Waals surface area contributed by atoms with Gasteiger partial charge in [0.05, 0.1) is 11.5 Å². The summed E-state index contributed by atoms with van der Waals surface area (Å²) in [7, 11) is -3.45. The van der Waals surface area contributed by atoms with E-state index in [2.05, 4.69) is 13.8 Å². The van der Waals surface area contributed by atoms with Gasteiger partial charge in [0.25, 0.3) is 0 Å². The van der Waals surface area contributed by atoms with E-state index < -0.39 is 10.0 Å². The fraction of sp³-hybridized carbons (Fsp3) is 0.600. The SMILES string of the molecule is Cc1c(CO)cccc1S(=O)(=O)N1CCC(C)(C)CC1. The monoisotopic (exact) mass is 297 g/mol. The Hall–Kier alpha value is -0.910. The van der Waals surface area contributed by atoms with Gasteiger partial charge >= 0.3 is 0 Å². The molecule has 5 heteroatoms. The van der Waals surface area contributed by atoms with Crippen LogP contribution in [0.25, 0.3) is 0 Å². The van der Waals surface area contributed by atoms with Crippen LogP contribution in [0.5, 0.6) is 0 Å². The molecule has 1 saturated heterocycles. The average molecular weight is 297 g/mol. The quantitative estimate of drug-likeness (QED) is 0.931. The molecule has 1 aromatic rings. The Bertz CT molecular complexity index is 583. The molecule has 0 aliphatic carbocycles. The number of hydrogen-bond donors (Lipinski definition) is 1. The van der Waals surface area contributed by atoms with Crippen molar-refractivity contribution in [1.29, 1.82) is 0 Å². The maximum absolute atomic E-state index is 12.7. The predicted octanol–water partition coefficient (Wildman–Crippen LogP) is 2.30. The van der Waals surface area contributed by atoms with Crippen LogP contribution >= 0.6 is 0 Å². The third kappa shape index (κ3) is 2.90. The molecule has 20 heavy (non-hydrogen) atoms. The topological polar surface area (TPSA) is 57.6 Å². The minimum Gasteiger partial charge on any atom is -0.392 e. The first-order valence-electron chi connectivity index (χ1n) is 6.97. The third-order valence-corrected chi connectivity index (χ3v) is 6.30. The highest BCUT2D eigenvalue weighted by molar-refractivity contribution is 7.89. The van der Waals surface area contributed by atoms with Crippen LogP contribution in [0.2, 0.25) is 0 Å². The number of nitrogens with zero attached hydrogens (tertiary/aromatic N) is 1. The van der Waals surface area contributed by atoms with Crippen molar-refractivity contribution in [2.24, 2.45) is 5.41 Å². The van der Waals surface area contributed by atoms with E-state index in [1.165, 1.54) is 0 Å². The van der Waals surface area contributed by atoms with Gasteiger partial charge < -0.3 is 5.11 Å². The Labute approximate surface area is 121 Å². The van der Waals surface area contributed by atoms with Crippen LogP contribution in [0.4, 0.5) is 0 Å². The molecule has 1 fully saturated rings. The highest BCUT2D eigenvalue weighted by atomic mass is 32.2. The summed E-state index contributed by atoms with van der Waals surface area (Å²) in [6.45, 7) is 7.11. The lowest BCUT2D eigenvalue weighted by Gasteiger charge is -2.36. The predicted molar refractivity (Wildman–Crippen MR) is 78.9 cm³/mol. The van der Waals surface area contributed by atoms with Crippen LogP contribution in [0, 0.1) is 12.3 Å². The van der Waals surface area contributed by atoms with E-state index in [9.17, 15) is 13.5 Å². The number of aliphatic hydroxyl groups excluding tert-OH is 1. The van der Waals surface area contributed by atoms with Gasteiger partial charge in [-0.3, -0.25) is 0 Å². The van der Waals surface area contributed by atoms with Crippen molar-refractivity contribution in [3.63, 3.8) is 0 Å². The van der Waals surface area contributed by atoms with Crippen LogP contribution < -0.4 is 0 Å². The highest BCUT2D eigenvalue weighted by Crippen LogP contribution is 2.33. The molecular weight excluding hydrogens is 274 g/mol. The lowest BCUT2D eigenvalue weighted by Crippen LogP contribution is -2.41. The van der Waals surface area contributed by atoms with Crippen molar-refractivity contribution in [3.8, 4) is 0 Å². The maximum atomic E-state index is 12.7. The van der Waals surface area contributed by atoms with Crippen LogP contribution in [-0.2, 0) is 16.6 Å². The summed E-state index contributed by atoms with van der Waals surface area (Å²) in [5.74, 6) is 0. The van der Waals surface area contributed by atoms with Crippen molar-refractivity contribution >= 4 is 10.0 Å². The Morgan fingerprint density at radius 1 is 1.25 bits per heavy atom. The molecule has 0 bridgehead atoms. The summed E-state index contributed by atoms with van der Waals surface area (Å²) in [6, 6.07) is 5.08. The number of aliphatic hydroxyl groups is 1. The normalized spacial score (nSPS) is 20.0. The van der Waals surface area contributed by atoms with E-state index in [1.54, 1.807) is 29.4 Å². The van der Waals surface area contributed by atoms with E-state index in [0.717, 1.165) is 12.8 Å². The Balaban J connectivity index is 2.32. The van der Waals surface area contributed by atoms with Crippen molar-refractivity contribution in [2.75, 3.05) is 13.1 Å². The van der Waals surface area contributed by atoms with Gasteiger partial charge in [0, 0.05) is 13.1 Å². The number of hydrogen-bond acceptors (Lipinski definition) is 3. The highest BCUT2D eigenvalue weighted by Gasteiger charge is 2.33. The standard InChI is InChI=1S/C15H23NO3S/c1-12-13(11-17)5-4-6-14(12)20(18,19)16-9-7-15(2,3)8-10-16/h4-6,17H,7-11H2,1-3H3. The summed E-state index contributed by atoms with van der Waals surface area (Å²) < 4.78 is 27.0. The molecule has 1 aliphatic heterocycles. The van der Waals surface area contributed by atoms with Gasteiger partial charge in [-0.1, -0.05) is 26.0 Å².